The average molecular weight is 330 g/mol. The highest BCUT2D eigenvalue weighted by atomic mass is 16.5. The smallest absolute Gasteiger partial charge is 0.333 e. The van der Waals surface area contributed by atoms with Crippen LogP contribution < -0.4 is 0 Å². The first kappa shape index (κ1) is 19.7. The van der Waals surface area contributed by atoms with Gasteiger partial charge in [-0.2, -0.15) is 0 Å². The van der Waals surface area contributed by atoms with Gasteiger partial charge in [0.2, 0.25) is 0 Å². The van der Waals surface area contributed by atoms with Crippen molar-refractivity contribution >= 4 is 11.9 Å². The monoisotopic (exact) mass is 330 g/mol. The summed E-state index contributed by atoms with van der Waals surface area (Å²) < 4.78 is 10.5. The Morgan fingerprint density at radius 3 is 1.38 bits per heavy atom. The Hall–Kier alpha value is -2.36. The van der Waals surface area contributed by atoms with Crippen LogP contribution >= 0.6 is 0 Å². The third-order valence-corrected chi connectivity index (χ3v) is 3.38. The first-order chi connectivity index (χ1) is 11.2. The molecular formula is C20H26O4. The molecule has 0 radical (unpaired) electrons. The zero-order valence-electron chi connectivity index (χ0n) is 14.9. The highest BCUT2D eigenvalue weighted by molar-refractivity contribution is 5.87. The summed E-state index contributed by atoms with van der Waals surface area (Å²) in [5.41, 5.74) is 2.95. The Balaban J connectivity index is 2.53. The first-order valence-electron chi connectivity index (χ1n) is 7.99. The van der Waals surface area contributed by atoms with Crippen LogP contribution in [0.5, 0.6) is 0 Å². The van der Waals surface area contributed by atoms with Crippen LogP contribution in [0.3, 0.4) is 0 Å². The maximum absolute atomic E-state index is 11.5. The van der Waals surface area contributed by atoms with E-state index in [0.29, 0.717) is 24.0 Å². The Kier molecular flexibility index (Phi) is 7.43. The summed E-state index contributed by atoms with van der Waals surface area (Å²) in [6.45, 7) is 14.1. The van der Waals surface area contributed by atoms with Crippen molar-refractivity contribution < 1.29 is 19.1 Å². The Bertz CT molecular complexity index is 558. The van der Waals surface area contributed by atoms with E-state index in [9.17, 15) is 9.59 Å². The summed E-state index contributed by atoms with van der Waals surface area (Å²) in [6.07, 6.45) is 0.852. The van der Waals surface area contributed by atoms with Crippen molar-refractivity contribution in [1.29, 1.82) is 0 Å². The highest BCUT2D eigenvalue weighted by Crippen LogP contribution is 2.12. The summed E-state index contributed by atoms with van der Waals surface area (Å²) in [5, 5.41) is 0. The predicted octanol–water partition coefficient (Wildman–Crippen LogP) is 3.79. The van der Waals surface area contributed by atoms with Gasteiger partial charge in [-0.25, -0.2) is 9.59 Å². The molecule has 0 N–H and O–H groups in total. The largest absolute Gasteiger partial charge is 0.459 e. The van der Waals surface area contributed by atoms with Gasteiger partial charge in [-0.3, -0.25) is 0 Å². The van der Waals surface area contributed by atoms with Crippen LogP contribution in [-0.2, 0) is 31.9 Å². The molecule has 2 atom stereocenters. The number of carbonyl (C=O) groups excluding carboxylic acids is 2. The van der Waals surface area contributed by atoms with Gasteiger partial charge in [-0.05, 0) is 38.8 Å². The molecule has 0 amide bonds. The molecule has 2 unspecified atom stereocenters. The van der Waals surface area contributed by atoms with Crippen LogP contribution in [0.4, 0.5) is 0 Å². The first-order valence-corrected chi connectivity index (χ1v) is 7.99. The maximum Gasteiger partial charge on any atom is 0.333 e. The van der Waals surface area contributed by atoms with Crippen molar-refractivity contribution in [3.63, 3.8) is 0 Å². The molecule has 130 valence electrons. The highest BCUT2D eigenvalue weighted by Gasteiger charge is 2.12. The fourth-order valence-electron chi connectivity index (χ4n) is 2.13. The van der Waals surface area contributed by atoms with Crippen molar-refractivity contribution in [1.82, 2.24) is 0 Å². The molecular weight excluding hydrogens is 304 g/mol. The van der Waals surface area contributed by atoms with E-state index >= 15 is 0 Å². The van der Waals surface area contributed by atoms with Crippen molar-refractivity contribution in [2.45, 2.75) is 52.7 Å². The molecule has 1 aromatic rings. The molecule has 0 aliphatic heterocycles. The van der Waals surface area contributed by atoms with Crippen LogP contribution in [0.25, 0.3) is 0 Å². The topological polar surface area (TPSA) is 52.6 Å². The molecule has 1 aromatic carbocycles. The second-order valence-corrected chi connectivity index (χ2v) is 6.22. The minimum absolute atomic E-state index is 0.213. The van der Waals surface area contributed by atoms with E-state index in [4.69, 9.17) is 9.47 Å². The van der Waals surface area contributed by atoms with Crippen molar-refractivity contribution in [2.75, 3.05) is 0 Å². The minimum Gasteiger partial charge on any atom is -0.459 e. The quantitative estimate of drug-likeness (QED) is 0.537. The molecule has 0 spiro atoms. The van der Waals surface area contributed by atoms with Gasteiger partial charge in [0, 0.05) is 24.0 Å². The molecule has 0 heterocycles. The molecule has 0 saturated heterocycles. The Morgan fingerprint density at radius 1 is 0.833 bits per heavy atom. The van der Waals surface area contributed by atoms with Gasteiger partial charge >= 0.3 is 11.9 Å². The van der Waals surface area contributed by atoms with Gasteiger partial charge in [0.1, 0.15) is 12.2 Å². The van der Waals surface area contributed by atoms with Crippen LogP contribution in [-0.4, -0.2) is 24.1 Å². The van der Waals surface area contributed by atoms with Crippen LogP contribution in [0.2, 0.25) is 0 Å². The van der Waals surface area contributed by atoms with E-state index in [2.05, 4.69) is 13.2 Å². The van der Waals surface area contributed by atoms with E-state index in [-0.39, 0.29) is 24.1 Å². The van der Waals surface area contributed by atoms with Crippen LogP contribution in [0.15, 0.2) is 48.6 Å². The molecule has 4 heteroatoms. The van der Waals surface area contributed by atoms with E-state index in [1.807, 2.05) is 38.1 Å². The number of ether oxygens (including phenoxy) is 2. The number of esters is 2. The SMILES string of the molecule is C=C(C)C(=O)OC(C)Cc1ccc(CC(C)OC(=O)C(=C)C)cc1. The second-order valence-electron chi connectivity index (χ2n) is 6.22. The standard InChI is InChI=1S/C20H26O4/c1-13(2)19(21)23-15(5)11-17-7-9-18(10-8-17)12-16(6)24-20(22)14(3)4/h7-10,15-16H,1,3,11-12H2,2,4-6H3. The molecule has 24 heavy (non-hydrogen) atoms. The number of carbonyl (C=O) groups is 2. The van der Waals surface area contributed by atoms with Crippen LogP contribution in [0, 0.1) is 0 Å². The number of rotatable bonds is 8. The molecule has 1 rings (SSSR count). The van der Waals surface area contributed by atoms with E-state index in [1.165, 1.54) is 0 Å². The number of hydrogen-bond acceptors (Lipinski definition) is 4. The minimum atomic E-state index is -0.368. The fourth-order valence-corrected chi connectivity index (χ4v) is 2.13. The molecule has 0 aromatic heterocycles. The van der Waals surface area contributed by atoms with Gasteiger partial charge in [0.05, 0.1) is 0 Å². The lowest BCUT2D eigenvalue weighted by Gasteiger charge is -2.15. The van der Waals surface area contributed by atoms with E-state index in [1.54, 1.807) is 13.8 Å². The van der Waals surface area contributed by atoms with Gasteiger partial charge in [0.25, 0.3) is 0 Å². The molecule has 0 aliphatic carbocycles. The summed E-state index contributed by atoms with van der Waals surface area (Å²) in [4.78, 5) is 23.0. The van der Waals surface area contributed by atoms with Gasteiger partial charge in [-0.1, -0.05) is 37.4 Å². The van der Waals surface area contributed by atoms with E-state index < -0.39 is 0 Å². The zero-order chi connectivity index (χ0) is 18.3. The van der Waals surface area contributed by atoms with Crippen molar-refractivity contribution in [3.8, 4) is 0 Å². The fraction of sp³-hybridized carbons (Fsp3) is 0.400. The summed E-state index contributed by atoms with van der Waals surface area (Å²) in [6, 6.07) is 7.98. The third kappa shape index (κ3) is 6.82. The summed E-state index contributed by atoms with van der Waals surface area (Å²) in [5.74, 6) is -0.737. The van der Waals surface area contributed by atoms with Crippen LogP contribution in [0.1, 0.15) is 38.8 Å². The van der Waals surface area contributed by atoms with Crippen molar-refractivity contribution in [2.24, 2.45) is 0 Å². The van der Waals surface area contributed by atoms with Gasteiger partial charge in [-0.15, -0.1) is 0 Å². The lowest BCUT2D eigenvalue weighted by Crippen LogP contribution is -2.18. The van der Waals surface area contributed by atoms with Crippen molar-refractivity contribution in [3.05, 3.63) is 59.7 Å². The number of benzene rings is 1. The second kappa shape index (κ2) is 9.06. The average Bonchev–Trinajstić information content (AvgIpc) is 2.48. The molecule has 0 saturated carbocycles. The molecule has 0 aliphatic rings. The van der Waals surface area contributed by atoms with Gasteiger partial charge in [0.15, 0.2) is 0 Å². The van der Waals surface area contributed by atoms with E-state index in [0.717, 1.165) is 11.1 Å². The summed E-state index contributed by atoms with van der Waals surface area (Å²) >= 11 is 0. The lowest BCUT2D eigenvalue weighted by molar-refractivity contribution is -0.144. The predicted molar refractivity (Wildman–Crippen MR) is 94.6 cm³/mol. The lowest BCUT2D eigenvalue weighted by atomic mass is 10.0. The zero-order valence-corrected chi connectivity index (χ0v) is 14.9. The summed E-state index contributed by atoms with van der Waals surface area (Å²) in [7, 11) is 0. The maximum atomic E-state index is 11.5. The Morgan fingerprint density at radius 2 is 1.12 bits per heavy atom. The molecule has 0 bridgehead atoms. The normalized spacial score (nSPS) is 12.8. The molecule has 4 nitrogen and oxygen atoms in total. The van der Waals surface area contributed by atoms with Gasteiger partial charge < -0.3 is 9.47 Å². The Labute approximate surface area is 144 Å². The third-order valence-electron chi connectivity index (χ3n) is 3.38. The number of hydrogen-bond donors (Lipinski definition) is 0. The molecule has 0 fully saturated rings.